The second-order valence-corrected chi connectivity index (χ2v) is 17.6. The van der Waals surface area contributed by atoms with Crippen LogP contribution in [0, 0.1) is 0 Å². The van der Waals surface area contributed by atoms with Gasteiger partial charge in [0.1, 0.15) is 5.58 Å². The molecule has 0 spiro atoms. The predicted molar refractivity (Wildman–Crippen MR) is 220 cm³/mol. The first-order valence-electron chi connectivity index (χ1n) is 18.1. The molecule has 0 aliphatic carbocycles. The van der Waals surface area contributed by atoms with Crippen LogP contribution in [-0.4, -0.2) is 11.3 Å². The van der Waals surface area contributed by atoms with E-state index in [2.05, 4.69) is 166 Å². The first-order chi connectivity index (χ1) is 24.6. The summed E-state index contributed by atoms with van der Waals surface area (Å²) in [5.41, 5.74) is 14.6. The van der Waals surface area contributed by atoms with Crippen molar-refractivity contribution < 1.29 is 4.42 Å². The van der Waals surface area contributed by atoms with Crippen LogP contribution in [0.5, 0.6) is 0 Å². The third kappa shape index (κ3) is 3.85. The normalized spacial score (nSPS) is 14.0. The molecule has 3 aromatic heterocycles. The maximum absolute atomic E-state index is 7.05. The highest BCUT2D eigenvalue weighted by atomic mass is 32.1. The second-order valence-electron chi connectivity index (χ2n) is 16.6. The van der Waals surface area contributed by atoms with Crippen molar-refractivity contribution >= 4 is 105 Å². The molecule has 9 aromatic rings. The number of fused-ring (bicyclic) bond motifs is 13. The highest BCUT2D eigenvalue weighted by Gasteiger charge is 2.46. The van der Waals surface area contributed by atoms with E-state index in [-0.39, 0.29) is 17.5 Å². The summed E-state index contributed by atoms with van der Waals surface area (Å²) in [6.45, 7) is 13.8. The molecule has 0 amide bonds. The van der Waals surface area contributed by atoms with Gasteiger partial charge in [0.2, 0.25) is 0 Å². The molecule has 3 nitrogen and oxygen atoms in total. The van der Waals surface area contributed by atoms with Crippen LogP contribution in [-0.2, 0) is 10.8 Å². The minimum atomic E-state index is -0.0759. The molecule has 0 radical (unpaired) electrons. The second kappa shape index (κ2) is 9.74. The third-order valence-electron chi connectivity index (χ3n) is 11.5. The molecule has 0 saturated carbocycles. The summed E-state index contributed by atoms with van der Waals surface area (Å²) in [5.74, 6) is 0. The largest absolute Gasteiger partial charge is 0.468 e. The first-order valence-corrected chi connectivity index (χ1v) is 18.9. The van der Waals surface area contributed by atoms with Gasteiger partial charge < -0.3 is 13.9 Å². The Hall–Kier alpha value is -5.26. The van der Waals surface area contributed by atoms with E-state index in [9.17, 15) is 0 Å². The average Bonchev–Trinajstić information content (AvgIpc) is 3.79. The quantitative estimate of drug-likeness (QED) is 0.161. The van der Waals surface area contributed by atoms with Crippen molar-refractivity contribution in [3.05, 3.63) is 126 Å². The third-order valence-corrected chi connectivity index (χ3v) is 12.7. The molecule has 5 heteroatoms. The number of benzene rings is 6. The SMILES string of the molecule is CC(C)(C)c1ccc(N2c3cc(C(C)(C)C)cc4c3B(c3oc5ccccc5c32)c2cccc3c5ccc6c7ccccc7sc6c5n-4c23)cc1. The zero-order valence-electron chi connectivity index (χ0n) is 29.8. The van der Waals surface area contributed by atoms with Gasteiger partial charge in [-0.2, -0.15) is 0 Å². The fraction of sp³-hybridized carbons (Fsp3) is 0.174. The van der Waals surface area contributed by atoms with Crippen molar-refractivity contribution in [3.63, 3.8) is 0 Å². The number of nitrogens with zero attached hydrogens (tertiary/aromatic N) is 2. The predicted octanol–water partition coefficient (Wildman–Crippen LogP) is 11.1. The van der Waals surface area contributed by atoms with Gasteiger partial charge in [-0.15, -0.1) is 11.3 Å². The lowest BCUT2D eigenvalue weighted by molar-refractivity contribution is 0.589. The Kier molecular flexibility index (Phi) is 5.63. The van der Waals surface area contributed by atoms with Gasteiger partial charge in [0.15, 0.2) is 0 Å². The van der Waals surface area contributed by atoms with E-state index in [1.165, 1.54) is 75.4 Å². The molecule has 0 saturated heterocycles. The molecule has 246 valence electrons. The standard InChI is InChI=1S/C46H37BN2OS/c1-45(2,3)26-18-20-28(21-19-26)48-35-24-27(46(4,5)6)25-36-39(35)47(44-42(48)33-13-7-9-16-37(33)50-44)34-15-11-14-30-31-22-23-32-29-12-8-10-17-38(29)51-43(32)41(31)49(36)40(30)34/h7-25H,1-6H3. The number of para-hydroxylation sites is 2. The monoisotopic (exact) mass is 676 g/mol. The van der Waals surface area contributed by atoms with Gasteiger partial charge in [0, 0.05) is 54.2 Å². The molecule has 11 rings (SSSR count). The molecule has 0 bridgehead atoms. The van der Waals surface area contributed by atoms with E-state index in [1.807, 2.05) is 11.3 Å². The smallest absolute Gasteiger partial charge is 0.297 e. The van der Waals surface area contributed by atoms with E-state index < -0.39 is 0 Å². The van der Waals surface area contributed by atoms with Crippen LogP contribution in [0.1, 0.15) is 52.7 Å². The van der Waals surface area contributed by atoms with E-state index in [4.69, 9.17) is 4.42 Å². The summed E-state index contributed by atoms with van der Waals surface area (Å²) >= 11 is 1.92. The van der Waals surface area contributed by atoms with E-state index in [0.29, 0.717) is 0 Å². The van der Waals surface area contributed by atoms with Crippen molar-refractivity contribution in [2.45, 2.75) is 52.4 Å². The number of aromatic nitrogens is 1. The number of rotatable bonds is 1. The summed E-state index contributed by atoms with van der Waals surface area (Å²) in [7, 11) is 0. The number of furan rings is 1. The Labute approximate surface area is 301 Å². The number of hydrogen-bond donors (Lipinski definition) is 0. The fourth-order valence-electron chi connectivity index (χ4n) is 8.95. The lowest BCUT2D eigenvalue weighted by atomic mass is 9.36. The van der Waals surface area contributed by atoms with Crippen LogP contribution >= 0.6 is 11.3 Å². The van der Waals surface area contributed by atoms with Crippen molar-refractivity contribution in [2.24, 2.45) is 0 Å². The molecule has 6 aromatic carbocycles. The number of thiophene rings is 1. The molecule has 0 atom stereocenters. The Morgan fingerprint density at radius 2 is 1.25 bits per heavy atom. The van der Waals surface area contributed by atoms with Crippen molar-refractivity contribution in [2.75, 3.05) is 4.90 Å². The Morgan fingerprint density at radius 3 is 2.04 bits per heavy atom. The van der Waals surface area contributed by atoms with Gasteiger partial charge in [0.05, 0.1) is 21.6 Å². The van der Waals surface area contributed by atoms with Crippen LogP contribution in [0.25, 0.3) is 58.6 Å². The summed E-state index contributed by atoms with van der Waals surface area (Å²) < 4.78 is 12.3. The van der Waals surface area contributed by atoms with Crippen LogP contribution in [0.4, 0.5) is 17.1 Å². The van der Waals surface area contributed by atoms with Crippen LogP contribution in [0.3, 0.4) is 0 Å². The van der Waals surface area contributed by atoms with Crippen molar-refractivity contribution in [1.82, 2.24) is 4.57 Å². The highest BCUT2D eigenvalue weighted by Crippen LogP contribution is 2.48. The van der Waals surface area contributed by atoms with Crippen LogP contribution in [0.15, 0.2) is 120 Å². The molecule has 0 fully saturated rings. The Morgan fingerprint density at radius 1 is 0.588 bits per heavy atom. The van der Waals surface area contributed by atoms with E-state index in [0.717, 1.165) is 28.0 Å². The molecule has 0 unspecified atom stereocenters. The minimum absolute atomic E-state index is 0.0464. The zero-order valence-corrected chi connectivity index (χ0v) is 30.6. The minimum Gasteiger partial charge on any atom is -0.468 e. The van der Waals surface area contributed by atoms with Gasteiger partial charge in [-0.25, -0.2) is 0 Å². The van der Waals surface area contributed by atoms with E-state index >= 15 is 0 Å². The van der Waals surface area contributed by atoms with Crippen molar-refractivity contribution in [3.8, 4) is 5.69 Å². The molecule has 0 N–H and O–H groups in total. The lowest BCUT2D eigenvalue weighted by Gasteiger charge is -2.39. The Bertz CT molecular complexity index is 2950. The topological polar surface area (TPSA) is 21.3 Å². The van der Waals surface area contributed by atoms with Gasteiger partial charge in [-0.3, -0.25) is 0 Å². The maximum Gasteiger partial charge on any atom is 0.297 e. The van der Waals surface area contributed by atoms with Gasteiger partial charge >= 0.3 is 0 Å². The number of hydrogen-bond acceptors (Lipinski definition) is 3. The van der Waals surface area contributed by atoms with Crippen molar-refractivity contribution in [1.29, 1.82) is 0 Å². The van der Waals surface area contributed by atoms with Gasteiger partial charge in [-0.05, 0) is 75.3 Å². The van der Waals surface area contributed by atoms with Crippen LogP contribution in [0.2, 0.25) is 0 Å². The summed E-state index contributed by atoms with van der Waals surface area (Å²) in [4.78, 5) is 2.50. The number of anilines is 3. The van der Waals surface area contributed by atoms with Gasteiger partial charge in [0.25, 0.3) is 6.71 Å². The molecule has 2 aliphatic heterocycles. The fourth-order valence-corrected chi connectivity index (χ4v) is 10.2. The van der Waals surface area contributed by atoms with Gasteiger partial charge in [-0.1, -0.05) is 114 Å². The van der Waals surface area contributed by atoms with E-state index in [1.54, 1.807) is 0 Å². The summed E-state index contributed by atoms with van der Waals surface area (Å²) in [6.07, 6.45) is 0. The first kappa shape index (κ1) is 29.5. The average molecular weight is 677 g/mol. The Balaban J connectivity index is 1.33. The van der Waals surface area contributed by atoms with Crippen LogP contribution < -0.4 is 21.5 Å². The maximum atomic E-state index is 7.05. The molecular formula is C46H37BN2OS. The summed E-state index contributed by atoms with van der Waals surface area (Å²) in [6, 6.07) is 43.3. The molecular weight excluding hydrogens is 639 g/mol. The summed E-state index contributed by atoms with van der Waals surface area (Å²) in [5, 5.41) is 6.40. The molecule has 2 aliphatic rings. The highest BCUT2D eigenvalue weighted by molar-refractivity contribution is 7.26. The molecule has 5 heterocycles. The molecule has 51 heavy (non-hydrogen) atoms. The lowest BCUT2D eigenvalue weighted by Crippen LogP contribution is -2.60. The zero-order chi connectivity index (χ0) is 34.6.